The van der Waals surface area contributed by atoms with Crippen molar-refractivity contribution in [3.05, 3.63) is 82.7 Å². The number of rotatable bonds is 5. The standard InChI is InChI=1S/C21H19N3OS/c1-3-11-24-20(25)19-18(16-9-4-5-10-17(16)22-19)23-21(24)26-13-15-8-6-7-14(2)12-15/h3-10,12,22H,1,11,13H2,2H3. The average Bonchev–Trinajstić information content (AvgIpc) is 3.02. The van der Waals surface area contributed by atoms with Crippen LogP contribution in [0.5, 0.6) is 0 Å². The Morgan fingerprint density at radius 1 is 1.23 bits per heavy atom. The molecular weight excluding hydrogens is 342 g/mol. The first-order valence-corrected chi connectivity index (χ1v) is 9.46. The van der Waals surface area contributed by atoms with E-state index in [2.05, 4.69) is 42.8 Å². The predicted molar refractivity (Wildman–Crippen MR) is 109 cm³/mol. The van der Waals surface area contributed by atoms with E-state index < -0.39 is 0 Å². The van der Waals surface area contributed by atoms with Gasteiger partial charge in [-0.1, -0.05) is 65.9 Å². The number of hydrogen-bond donors (Lipinski definition) is 1. The summed E-state index contributed by atoms with van der Waals surface area (Å²) in [7, 11) is 0. The molecule has 0 saturated carbocycles. The number of aromatic amines is 1. The largest absolute Gasteiger partial charge is 0.349 e. The third-order valence-corrected chi connectivity index (χ3v) is 5.39. The fraction of sp³-hybridized carbons (Fsp3) is 0.143. The van der Waals surface area contributed by atoms with Crippen LogP contribution in [0.25, 0.3) is 21.9 Å². The highest BCUT2D eigenvalue weighted by Crippen LogP contribution is 2.26. The maximum Gasteiger partial charge on any atom is 0.278 e. The van der Waals surface area contributed by atoms with Gasteiger partial charge >= 0.3 is 0 Å². The second-order valence-electron chi connectivity index (χ2n) is 6.27. The third kappa shape index (κ3) is 2.95. The summed E-state index contributed by atoms with van der Waals surface area (Å²) in [6.07, 6.45) is 1.73. The fourth-order valence-corrected chi connectivity index (χ4v) is 4.07. The number of fused-ring (bicyclic) bond motifs is 3. The lowest BCUT2D eigenvalue weighted by atomic mass is 10.2. The first-order valence-electron chi connectivity index (χ1n) is 8.48. The molecule has 0 amide bonds. The van der Waals surface area contributed by atoms with E-state index in [4.69, 9.17) is 4.98 Å². The SMILES string of the molecule is C=CCn1c(SCc2cccc(C)c2)nc2c([nH]c3ccccc32)c1=O. The number of aryl methyl sites for hydroxylation is 1. The summed E-state index contributed by atoms with van der Waals surface area (Å²) in [5.41, 5.74) is 4.60. The highest BCUT2D eigenvalue weighted by atomic mass is 32.2. The minimum Gasteiger partial charge on any atom is -0.349 e. The van der Waals surface area contributed by atoms with Gasteiger partial charge in [0.2, 0.25) is 0 Å². The van der Waals surface area contributed by atoms with E-state index in [0.717, 1.165) is 22.2 Å². The number of H-pyrrole nitrogens is 1. The summed E-state index contributed by atoms with van der Waals surface area (Å²) in [4.78, 5) is 21.0. The van der Waals surface area contributed by atoms with Crippen LogP contribution in [0.3, 0.4) is 0 Å². The molecule has 0 atom stereocenters. The summed E-state index contributed by atoms with van der Waals surface area (Å²) >= 11 is 1.58. The second-order valence-corrected chi connectivity index (χ2v) is 7.21. The molecule has 26 heavy (non-hydrogen) atoms. The van der Waals surface area contributed by atoms with E-state index in [9.17, 15) is 4.79 Å². The molecule has 0 aliphatic carbocycles. The Labute approximate surface area is 155 Å². The van der Waals surface area contributed by atoms with Gasteiger partial charge in [0, 0.05) is 23.2 Å². The average molecular weight is 361 g/mol. The summed E-state index contributed by atoms with van der Waals surface area (Å²) in [6.45, 7) is 6.30. The van der Waals surface area contributed by atoms with Crippen molar-refractivity contribution >= 4 is 33.7 Å². The van der Waals surface area contributed by atoms with Gasteiger partial charge in [-0.05, 0) is 18.6 Å². The van der Waals surface area contributed by atoms with Crippen molar-refractivity contribution in [1.29, 1.82) is 0 Å². The van der Waals surface area contributed by atoms with Crippen LogP contribution in [-0.4, -0.2) is 14.5 Å². The highest BCUT2D eigenvalue weighted by molar-refractivity contribution is 7.98. The Balaban J connectivity index is 1.83. The summed E-state index contributed by atoms with van der Waals surface area (Å²) in [5.74, 6) is 0.763. The maximum absolute atomic E-state index is 13.0. The molecule has 2 heterocycles. The number of thioether (sulfide) groups is 1. The Bertz CT molecular complexity index is 1170. The van der Waals surface area contributed by atoms with Gasteiger partial charge in [-0.2, -0.15) is 0 Å². The predicted octanol–water partition coefficient (Wildman–Crippen LogP) is 4.66. The molecule has 0 aliphatic heterocycles. The van der Waals surface area contributed by atoms with Crippen LogP contribution in [0, 0.1) is 6.92 Å². The third-order valence-electron chi connectivity index (χ3n) is 4.34. The highest BCUT2D eigenvalue weighted by Gasteiger charge is 2.15. The molecule has 0 aliphatic rings. The molecule has 4 nitrogen and oxygen atoms in total. The Hall–Kier alpha value is -2.79. The second kappa shape index (κ2) is 6.84. The summed E-state index contributed by atoms with van der Waals surface area (Å²) < 4.78 is 1.69. The Kier molecular flexibility index (Phi) is 4.39. The lowest BCUT2D eigenvalue weighted by Crippen LogP contribution is -2.22. The van der Waals surface area contributed by atoms with Gasteiger partial charge < -0.3 is 4.98 Å². The normalized spacial score (nSPS) is 11.3. The quantitative estimate of drug-likeness (QED) is 0.319. The molecule has 5 heteroatoms. The lowest BCUT2D eigenvalue weighted by molar-refractivity contribution is 0.671. The van der Waals surface area contributed by atoms with Crippen LogP contribution < -0.4 is 5.56 Å². The Morgan fingerprint density at radius 2 is 2.08 bits per heavy atom. The molecule has 2 aromatic heterocycles. The fourth-order valence-electron chi connectivity index (χ4n) is 3.13. The van der Waals surface area contributed by atoms with Crippen molar-refractivity contribution in [2.75, 3.05) is 0 Å². The smallest absolute Gasteiger partial charge is 0.278 e. The van der Waals surface area contributed by atoms with Crippen molar-refractivity contribution < 1.29 is 0 Å². The number of allylic oxidation sites excluding steroid dienone is 1. The van der Waals surface area contributed by atoms with E-state index in [1.165, 1.54) is 11.1 Å². The number of hydrogen-bond acceptors (Lipinski definition) is 3. The van der Waals surface area contributed by atoms with Crippen molar-refractivity contribution in [1.82, 2.24) is 14.5 Å². The zero-order valence-corrected chi connectivity index (χ0v) is 15.3. The molecule has 1 N–H and O–H groups in total. The molecule has 130 valence electrons. The van der Waals surface area contributed by atoms with Crippen molar-refractivity contribution in [2.24, 2.45) is 0 Å². The van der Waals surface area contributed by atoms with E-state index in [-0.39, 0.29) is 5.56 Å². The molecule has 4 aromatic rings. The van der Waals surface area contributed by atoms with Crippen molar-refractivity contribution in [3.63, 3.8) is 0 Å². The van der Waals surface area contributed by atoms with E-state index in [1.54, 1.807) is 22.4 Å². The van der Waals surface area contributed by atoms with Gasteiger partial charge in [0.15, 0.2) is 5.16 Å². The first kappa shape index (κ1) is 16.7. The minimum atomic E-state index is -0.0576. The molecule has 0 spiro atoms. The van der Waals surface area contributed by atoms with E-state index in [1.807, 2.05) is 24.3 Å². The number of aromatic nitrogens is 3. The number of nitrogens with zero attached hydrogens (tertiary/aromatic N) is 2. The minimum absolute atomic E-state index is 0.0576. The molecule has 0 bridgehead atoms. The van der Waals surface area contributed by atoms with E-state index in [0.29, 0.717) is 17.2 Å². The molecule has 0 fully saturated rings. The van der Waals surface area contributed by atoms with Crippen molar-refractivity contribution in [3.8, 4) is 0 Å². The zero-order valence-electron chi connectivity index (χ0n) is 14.5. The first-order chi connectivity index (χ1) is 12.7. The molecule has 0 saturated heterocycles. The molecular formula is C21H19N3OS. The molecule has 2 aromatic carbocycles. The lowest BCUT2D eigenvalue weighted by Gasteiger charge is -2.10. The van der Waals surface area contributed by atoms with Gasteiger partial charge in [-0.25, -0.2) is 4.98 Å². The van der Waals surface area contributed by atoms with Gasteiger partial charge in [-0.3, -0.25) is 9.36 Å². The van der Waals surface area contributed by atoms with Crippen LogP contribution in [-0.2, 0) is 12.3 Å². The maximum atomic E-state index is 13.0. The van der Waals surface area contributed by atoms with Gasteiger partial charge in [0.1, 0.15) is 11.0 Å². The summed E-state index contributed by atoms with van der Waals surface area (Å²) in [6, 6.07) is 16.3. The van der Waals surface area contributed by atoms with Crippen LogP contribution in [0.15, 0.2) is 71.1 Å². The van der Waals surface area contributed by atoms with Crippen LogP contribution in [0.1, 0.15) is 11.1 Å². The Morgan fingerprint density at radius 3 is 2.88 bits per heavy atom. The monoisotopic (exact) mass is 361 g/mol. The van der Waals surface area contributed by atoms with Crippen molar-refractivity contribution in [2.45, 2.75) is 24.4 Å². The van der Waals surface area contributed by atoms with Crippen LogP contribution >= 0.6 is 11.8 Å². The number of benzene rings is 2. The zero-order chi connectivity index (χ0) is 18.1. The van der Waals surface area contributed by atoms with Crippen LogP contribution in [0.2, 0.25) is 0 Å². The van der Waals surface area contributed by atoms with Gasteiger partial charge in [0.25, 0.3) is 5.56 Å². The topological polar surface area (TPSA) is 50.7 Å². The van der Waals surface area contributed by atoms with Gasteiger partial charge in [-0.15, -0.1) is 6.58 Å². The molecule has 4 rings (SSSR count). The number of nitrogens with one attached hydrogen (secondary N) is 1. The number of para-hydroxylation sites is 1. The van der Waals surface area contributed by atoms with Gasteiger partial charge in [0.05, 0.1) is 0 Å². The summed E-state index contributed by atoms with van der Waals surface area (Å²) in [5, 5.41) is 1.69. The van der Waals surface area contributed by atoms with E-state index >= 15 is 0 Å². The molecule has 0 radical (unpaired) electrons. The molecule has 0 unspecified atom stereocenters. The van der Waals surface area contributed by atoms with Crippen LogP contribution in [0.4, 0.5) is 0 Å².